The number of hydrogen-bond donors (Lipinski definition) is 1. The van der Waals surface area contributed by atoms with Crippen LogP contribution in [0.2, 0.25) is 0 Å². The monoisotopic (exact) mass is 227 g/mol. The molecular formula is C12H9N3O2. The Morgan fingerprint density at radius 1 is 1.41 bits per heavy atom. The van der Waals surface area contributed by atoms with Crippen LogP contribution < -0.4 is 0 Å². The molecule has 0 aliphatic rings. The Labute approximate surface area is 97.6 Å². The van der Waals surface area contributed by atoms with Crippen LogP contribution in [0.3, 0.4) is 0 Å². The molecule has 5 heteroatoms. The Morgan fingerprint density at radius 2 is 2.12 bits per heavy atom. The summed E-state index contributed by atoms with van der Waals surface area (Å²) in [4.78, 5) is 14.6. The van der Waals surface area contributed by atoms with Crippen molar-refractivity contribution in [1.29, 1.82) is 5.26 Å². The molecule has 2 aromatic rings. The van der Waals surface area contributed by atoms with E-state index in [0.29, 0.717) is 12.4 Å². The normalized spacial score (nSPS) is 9.82. The summed E-state index contributed by atoms with van der Waals surface area (Å²) in [5.41, 5.74) is 1.17. The molecule has 1 aromatic heterocycles. The van der Waals surface area contributed by atoms with Gasteiger partial charge >= 0.3 is 5.97 Å². The van der Waals surface area contributed by atoms with Crippen LogP contribution in [0.1, 0.15) is 21.7 Å². The average Bonchev–Trinajstić information content (AvgIpc) is 2.77. The van der Waals surface area contributed by atoms with Crippen LogP contribution in [0.4, 0.5) is 0 Å². The zero-order valence-corrected chi connectivity index (χ0v) is 8.87. The highest BCUT2D eigenvalue weighted by molar-refractivity contribution is 5.87. The number of carboxylic acids is 1. The first-order valence-electron chi connectivity index (χ1n) is 4.94. The van der Waals surface area contributed by atoms with E-state index in [9.17, 15) is 4.79 Å². The molecule has 2 rings (SSSR count). The van der Waals surface area contributed by atoms with Crippen molar-refractivity contribution < 1.29 is 9.90 Å². The predicted molar refractivity (Wildman–Crippen MR) is 59.4 cm³/mol. The molecule has 0 spiro atoms. The van der Waals surface area contributed by atoms with E-state index in [4.69, 9.17) is 10.4 Å². The number of nitriles is 1. The molecule has 1 N–H and O–H groups in total. The van der Waals surface area contributed by atoms with Crippen molar-refractivity contribution in [2.24, 2.45) is 0 Å². The maximum Gasteiger partial charge on any atom is 0.335 e. The molecule has 5 nitrogen and oxygen atoms in total. The number of aromatic nitrogens is 2. The van der Waals surface area contributed by atoms with Crippen molar-refractivity contribution in [3.63, 3.8) is 0 Å². The largest absolute Gasteiger partial charge is 0.478 e. The molecule has 0 aliphatic carbocycles. The number of carbonyl (C=O) groups is 1. The second-order valence-corrected chi connectivity index (χ2v) is 3.49. The van der Waals surface area contributed by atoms with Crippen molar-refractivity contribution >= 4 is 5.97 Å². The number of carboxylic acid groups (broad SMARTS) is 1. The fourth-order valence-electron chi connectivity index (χ4n) is 1.50. The zero-order chi connectivity index (χ0) is 12.3. The molecule has 0 atom stereocenters. The fraction of sp³-hybridized carbons (Fsp3) is 0.0833. The molecule has 1 aromatic carbocycles. The number of nitrogens with zero attached hydrogens (tertiary/aromatic N) is 3. The second-order valence-electron chi connectivity index (χ2n) is 3.49. The molecular weight excluding hydrogens is 218 g/mol. The Balaban J connectivity index is 2.20. The third-order valence-corrected chi connectivity index (χ3v) is 2.37. The minimum atomic E-state index is -0.947. The van der Waals surface area contributed by atoms with Crippen LogP contribution >= 0.6 is 0 Å². The van der Waals surface area contributed by atoms with Crippen LogP contribution in [-0.4, -0.2) is 20.6 Å². The smallest absolute Gasteiger partial charge is 0.335 e. The van der Waals surface area contributed by atoms with Gasteiger partial charge in [-0.25, -0.2) is 9.78 Å². The SMILES string of the molecule is N#Cc1nccn1Cc1ccc(C(=O)O)cc1. The Hall–Kier alpha value is -2.61. The lowest BCUT2D eigenvalue weighted by atomic mass is 10.1. The quantitative estimate of drug-likeness (QED) is 0.861. The van der Waals surface area contributed by atoms with Crippen LogP contribution in [-0.2, 0) is 6.54 Å². The number of benzene rings is 1. The van der Waals surface area contributed by atoms with Crippen molar-refractivity contribution in [3.05, 3.63) is 53.6 Å². The van der Waals surface area contributed by atoms with E-state index in [0.717, 1.165) is 5.56 Å². The number of hydrogen-bond acceptors (Lipinski definition) is 3. The van der Waals surface area contributed by atoms with E-state index in [1.807, 2.05) is 6.07 Å². The number of imidazole rings is 1. The van der Waals surface area contributed by atoms with Gasteiger partial charge in [0, 0.05) is 18.9 Å². The highest BCUT2D eigenvalue weighted by atomic mass is 16.4. The van der Waals surface area contributed by atoms with Gasteiger partial charge in [-0.1, -0.05) is 12.1 Å². The van der Waals surface area contributed by atoms with E-state index in [-0.39, 0.29) is 5.56 Å². The van der Waals surface area contributed by atoms with Gasteiger partial charge in [-0.3, -0.25) is 0 Å². The van der Waals surface area contributed by atoms with E-state index >= 15 is 0 Å². The minimum Gasteiger partial charge on any atom is -0.478 e. The maximum absolute atomic E-state index is 10.7. The van der Waals surface area contributed by atoms with Gasteiger partial charge in [0.05, 0.1) is 5.56 Å². The third kappa shape index (κ3) is 2.32. The minimum absolute atomic E-state index is 0.250. The lowest BCUT2D eigenvalue weighted by molar-refractivity contribution is 0.0697. The van der Waals surface area contributed by atoms with Gasteiger partial charge in [-0.05, 0) is 17.7 Å². The molecule has 84 valence electrons. The Kier molecular flexibility index (Phi) is 2.88. The van der Waals surface area contributed by atoms with Gasteiger partial charge in [0.1, 0.15) is 6.07 Å². The van der Waals surface area contributed by atoms with Gasteiger partial charge < -0.3 is 9.67 Å². The fourth-order valence-corrected chi connectivity index (χ4v) is 1.50. The van der Waals surface area contributed by atoms with Gasteiger partial charge in [0.2, 0.25) is 5.82 Å². The summed E-state index contributed by atoms with van der Waals surface area (Å²) >= 11 is 0. The van der Waals surface area contributed by atoms with Gasteiger partial charge in [-0.15, -0.1) is 0 Å². The van der Waals surface area contributed by atoms with Crippen LogP contribution in [0.25, 0.3) is 0 Å². The summed E-state index contributed by atoms with van der Waals surface area (Å²) in [6.07, 6.45) is 3.27. The van der Waals surface area contributed by atoms with Crippen molar-refractivity contribution in [1.82, 2.24) is 9.55 Å². The van der Waals surface area contributed by atoms with Gasteiger partial charge in [0.25, 0.3) is 0 Å². The summed E-state index contributed by atoms with van der Waals surface area (Å²) < 4.78 is 1.70. The van der Waals surface area contributed by atoms with Gasteiger partial charge in [0.15, 0.2) is 0 Å². The summed E-state index contributed by atoms with van der Waals surface area (Å²) in [5.74, 6) is -0.607. The Bertz CT molecular complexity index is 579. The lowest BCUT2D eigenvalue weighted by Gasteiger charge is -2.04. The van der Waals surface area contributed by atoms with Crippen molar-refractivity contribution in [2.75, 3.05) is 0 Å². The Morgan fingerprint density at radius 3 is 2.71 bits per heavy atom. The highest BCUT2D eigenvalue weighted by Gasteiger charge is 2.04. The maximum atomic E-state index is 10.7. The molecule has 0 unspecified atom stereocenters. The summed E-state index contributed by atoms with van der Waals surface area (Å²) in [7, 11) is 0. The lowest BCUT2D eigenvalue weighted by Crippen LogP contribution is -2.02. The zero-order valence-electron chi connectivity index (χ0n) is 8.87. The van der Waals surface area contributed by atoms with Crippen molar-refractivity contribution in [3.8, 4) is 6.07 Å². The molecule has 1 heterocycles. The summed E-state index contributed by atoms with van der Waals surface area (Å²) in [6.45, 7) is 0.503. The first-order chi connectivity index (χ1) is 8.20. The van der Waals surface area contributed by atoms with E-state index in [1.54, 1.807) is 41.2 Å². The van der Waals surface area contributed by atoms with E-state index in [2.05, 4.69) is 4.98 Å². The molecule has 0 amide bonds. The second kappa shape index (κ2) is 4.49. The highest BCUT2D eigenvalue weighted by Crippen LogP contribution is 2.07. The number of aromatic carboxylic acids is 1. The first kappa shape index (κ1) is 10.9. The first-order valence-corrected chi connectivity index (χ1v) is 4.94. The third-order valence-electron chi connectivity index (χ3n) is 2.37. The van der Waals surface area contributed by atoms with E-state index in [1.165, 1.54) is 0 Å². The molecule has 0 saturated carbocycles. The molecule has 0 saturated heterocycles. The van der Waals surface area contributed by atoms with Crippen molar-refractivity contribution in [2.45, 2.75) is 6.54 Å². The standard InChI is InChI=1S/C12H9N3O2/c13-7-11-14-5-6-15(11)8-9-1-3-10(4-2-9)12(16)17/h1-6H,8H2,(H,16,17). The summed E-state index contributed by atoms with van der Waals surface area (Å²) in [5, 5.41) is 17.5. The van der Waals surface area contributed by atoms with Gasteiger partial charge in [-0.2, -0.15) is 5.26 Å². The molecule has 0 radical (unpaired) electrons. The molecule has 0 bridgehead atoms. The number of rotatable bonds is 3. The van der Waals surface area contributed by atoms with Crippen LogP contribution in [0.5, 0.6) is 0 Å². The molecule has 0 aliphatic heterocycles. The summed E-state index contributed by atoms with van der Waals surface area (Å²) in [6, 6.07) is 8.52. The topological polar surface area (TPSA) is 78.9 Å². The van der Waals surface area contributed by atoms with E-state index < -0.39 is 5.97 Å². The van der Waals surface area contributed by atoms with Crippen LogP contribution in [0, 0.1) is 11.3 Å². The average molecular weight is 227 g/mol. The van der Waals surface area contributed by atoms with Crippen LogP contribution in [0.15, 0.2) is 36.7 Å². The molecule has 0 fully saturated rings. The predicted octanol–water partition coefficient (Wildman–Crippen LogP) is 1.50. The molecule has 17 heavy (non-hydrogen) atoms.